The van der Waals surface area contributed by atoms with Crippen molar-refractivity contribution in [2.75, 3.05) is 36.0 Å². The van der Waals surface area contributed by atoms with Gasteiger partial charge < -0.3 is 15.5 Å². The summed E-state index contributed by atoms with van der Waals surface area (Å²) in [6, 6.07) is 14.3. The number of piperazine rings is 1. The fraction of sp³-hybridized carbons (Fsp3) is 0.250. The Morgan fingerprint density at radius 1 is 0.955 bits per heavy atom. The van der Waals surface area contributed by atoms with Crippen LogP contribution in [0.25, 0.3) is 0 Å². The number of benzene rings is 1. The van der Waals surface area contributed by atoms with Crippen molar-refractivity contribution < 1.29 is 0 Å². The number of aromatic nitrogens is 1. The third-order valence-electron chi connectivity index (χ3n) is 3.78. The molecule has 0 bridgehead atoms. The minimum absolute atomic E-state index is 0. The van der Waals surface area contributed by atoms with Gasteiger partial charge in [0.2, 0.25) is 0 Å². The molecular formula is C16H20ClN5. The summed E-state index contributed by atoms with van der Waals surface area (Å²) in [6.07, 6.45) is 1.67. The second-order valence-corrected chi connectivity index (χ2v) is 5.13. The third kappa shape index (κ3) is 3.49. The first-order chi connectivity index (χ1) is 10.2. The summed E-state index contributed by atoms with van der Waals surface area (Å²) in [5.74, 6) is 1.01. The average Bonchev–Trinajstić information content (AvgIpc) is 2.56. The molecule has 6 heteroatoms. The van der Waals surface area contributed by atoms with Crippen LogP contribution in [0, 0.1) is 5.41 Å². The van der Waals surface area contributed by atoms with Crippen LogP contribution in [0.3, 0.4) is 0 Å². The lowest BCUT2D eigenvalue weighted by molar-refractivity contribution is 0.647. The summed E-state index contributed by atoms with van der Waals surface area (Å²) >= 11 is 0. The van der Waals surface area contributed by atoms with Gasteiger partial charge in [-0.25, -0.2) is 4.98 Å². The molecule has 0 unspecified atom stereocenters. The largest absolute Gasteiger partial charge is 0.384 e. The monoisotopic (exact) mass is 317 g/mol. The number of nitrogens with one attached hydrogen (secondary N) is 1. The van der Waals surface area contributed by atoms with E-state index in [-0.39, 0.29) is 18.2 Å². The van der Waals surface area contributed by atoms with E-state index in [1.165, 1.54) is 5.69 Å². The van der Waals surface area contributed by atoms with Gasteiger partial charge in [-0.3, -0.25) is 5.41 Å². The van der Waals surface area contributed by atoms with Crippen LogP contribution in [0.5, 0.6) is 0 Å². The van der Waals surface area contributed by atoms with E-state index < -0.39 is 0 Å². The van der Waals surface area contributed by atoms with Gasteiger partial charge in [-0.1, -0.05) is 18.2 Å². The second-order valence-electron chi connectivity index (χ2n) is 5.13. The van der Waals surface area contributed by atoms with E-state index in [9.17, 15) is 0 Å². The number of halogens is 1. The number of nitrogen functional groups attached to an aromatic ring is 1. The zero-order valence-corrected chi connectivity index (χ0v) is 13.1. The fourth-order valence-electron chi connectivity index (χ4n) is 2.57. The number of amidine groups is 1. The molecule has 0 aliphatic carbocycles. The molecular weight excluding hydrogens is 298 g/mol. The Labute approximate surface area is 136 Å². The van der Waals surface area contributed by atoms with Crippen molar-refractivity contribution in [3.05, 3.63) is 54.2 Å². The number of para-hydroxylation sites is 1. The molecule has 1 saturated heterocycles. The summed E-state index contributed by atoms with van der Waals surface area (Å²) in [6.45, 7) is 3.86. The number of rotatable bonds is 3. The first kappa shape index (κ1) is 16.1. The minimum Gasteiger partial charge on any atom is -0.384 e. The number of hydrogen-bond donors (Lipinski definition) is 2. The Morgan fingerprint density at radius 3 is 2.14 bits per heavy atom. The van der Waals surface area contributed by atoms with Gasteiger partial charge in [-0.15, -0.1) is 12.4 Å². The normalized spacial score (nSPS) is 14.4. The van der Waals surface area contributed by atoms with E-state index >= 15 is 0 Å². The van der Waals surface area contributed by atoms with E-state index in [2.05, 4.69) is 39.0 Å². The molecule has 116 valence electrons. The molecule has 1 aliphatic heterocycles. The lowest BCUT2D eigenvalue weighted by atomic mass is 10.2. The molecule has 1 aromatic carbocycles. The van der Waals surface area contributed by atoms with Crippen molar-refractivity contribution in [1.29, 1.82) is 5.41 Å². The lowest BCUT2D eigenvalue weighted by Gasteiger charge is -2.36. The van der Waals surface area contributed by atoms with Gasteiger partial charge in [0.25, 0.3) is 0 Å². The van der Waals surface area contributed by atoms with Crippen LogP contribution in [0.15, 0.2) is 48.7 Å². The quantitative estimate of drug-likeness (QED) is 0.672. The maximum absolute atomic E-state index is 7.39. The zero-order chi connectivity index (χ0) is 14.7. The SMILES string of the molecule is Cl.N=C(N)c1ccc(N2CCN(c3ccccc3)CC2)nc1. The number of nitrogens with zero attached hydrogens (tertiary/aromatic N) is 3. The lowest BCUT2D eigenvalue weighted by Crippen LogP contribution is -2.46. The molecule has 5 nitrogen and oxygen atoms in total. The summed E-state index contributed by atoms with van der Waals surface area (Å²) in [7, 11) is 0. The summed E-state index contributed by atoms with van der Waals surface area (Å²) < 4.78 is 0. The molecule has 1 fully saturated rings. The van der Waals surface area contributed by atoms with E-state index in [0.29, 0.717) is 5.56 Å². The van der Waals surface area contributed by atoms with Crippen molar-refractivity contribution in [2.45, 2.75) is 0 Å². The molecule has 0 spiro atoms. The summed E-state index contributed by atoms with van der Waals surface area (Å²) in [5.41, 5.74) is 7.39. The van der Waals surface area contributed by atoms with E-state index in [1.54, 1.807) is 6.20 Å². The molecule has 0 atom stereocenters. The smallest absolute Gasteiger partial charge is 0.128 e. The Kier molecular flexibility index (Phi) is 5.22. The zero-order valence-electron chi connectivity index (χ0n) is 12.3. The van der Waals surface area contributed by atoms with Crippen LogP contribution in [-0.4, -0.2) is 37.0 Å². The highest BCUT2D eigenvalue weighted by molar-refractivity contribution is 5.94. The van der Waals surface area contributed by atoms with Crippen molar-refractivity contribution in [2.24, 2.45) is 5.73 Å². The topological polar surface area (TPSA) is 69.2 Å². The van der Waals surface area contributed by atoms with Crippen molar-refractivity contribution in [3.63, 3.8) is 0 Å². The van der Waals surface area contributed by atoms with Gasteiger partial charge in [0.1, 0.15) is 11.7 Å². The maximum Gasteiger partial charge on any atom is 0.128 e. The highest BCUT2D eigenvalue weighted by Crippen LogP contribution is 2.18. The molecule has 3 rings (SSSR count). The molecule has 0 amide bonds. The van der Waals surface area contributed by atoms with Gasteiger partial charge in [0.15, 0.2) is 0 Å². The van der Waals surface area contributed by atoms with Crippen LogP contribution >= 0.6 is 12.4 Å². The van der Waals surface area contributed by atoms with Crippen LogP contribution in [0.1, 0.15) is 5.56 Å². The van der Waals surface area contributed by atoms with Gasteiger partial charge in [-0.05, 0) is 24.3 Å². The van der Waals surface area contributed by atoms with Gasteiger partial charge in [0, 0.05) is 43.6 Å². The number of anilines is 2. The maximum atomic E-state index is 7.39. The first-order valence-corrected chi connectivity index (χ1v) is 7.09. The molecule has 3 N–H and O–H groups in total. The number of pyridine rings is 1. The Hall–Kier alpha value is -2.27. The fourth-order valence-corrected chi connectivity index (χ4v) is 2.57. The molecule has 1 aliphatic rings. The molecule has 1 aromatic heterocycles. The summed E-state index contributed by atoms with van der Waals surface area (Å²) in [5, 5.41) is 7.39. The predicted octanol–water partition coefficient (Wildman–Crippen LogP) is 2.11. The Balaban J connectivity index is 0.00000176. The first-order valence-electron chi connectivity index (χ1n) is 7.09. The molecule has 0 radical (unpaired) electrons. The van der Waals surface area contributed by atoms with Gasteiger partial charge >= 0.3 is 0 Å². The Morgan fingerprint density at radius 2 is 1.59 bits per heavy atom. The third-order valence-corrected chi connectivity index (χ3v) is 3.78. The molecule has 2 aromatic rings. The highest BCUT2D eigenvalue weighted by Gasteiger charge is 2.18. The van der Waals surface area contributed by atoms with Crippen LogP contribution in [0.2, 0.25) is 0 Å². The van der Waals surface area contributed by atoms with Gasteiger partial charge in [-0.2, -0.15) is 0 Å². The van der Waals surface area contributed by atoms with E-state index in [4.69, 9.17) is 11.1 Å². The predicted molar refractivity (Wildman–Crippen MR) is 93.4 cm³/mol. The van der Waals surface area contributed by atoms with Crippen LogP contribution < -0.4 is 15.5 Å². The second kappa shape index (κ2) is 7.13. The number of nitrogens with two attached hydrogens (primary N) is 1. The molecule has 0 saturated carbocycles. The Bertz CT molecular complexity index is 606. The minimum atomic E-state index is 0. The van der Waals surface area contributed by atoms with E-state index in [1.807, 2.05) is 18.2 Å². The van der Waals surface area contributed by atoms with Crippen LogP contribution in [-0.2, 0) is 0 Å². The van der Waals surface area contributed by atoms with Gasteiger partial charge in [0.05, 0.1) is 0 Å². The summed E-state index contributed by atoms with van der Waals surface area (Å²) in [4.78, 5) is 9.06. The van der Waals surface area contributed by atoms with Crippen molar-refractivity contribution >= 4 is 29.7 Å². The molecule has 22 heavy (non-hydrogen) atoms. The standard InChI is InChI=1S/C16H19N5.ClH/c17-16(18)13-6-7-15(19-12-13)21-10-8-20(9-11-21)14-4-2-1-3-5-14;/h1-7,12H,8-11H2,(H3,17,18);1H. The van der Waals surface area contributed by atoms with E-state index in [0.717, 1.165) is 32.0 Å². The van der Waals surface area contributed by atoms with Crippen molar-refractivity contribution in [1.82, 2.24) is 4.98 Å². The van der Waals surface area contributed by atoms with Crippen molar-refractivity contribution in [3.8, 4) is 0 Å². The molecule has 2 heterocycles. The van der Waals surface area contributed by atoms with Crippen LogP contribution in [0.4, 0.5) is 11.5 Å². The number of hydrogen-bond acceptors (Lipinski definition) is 4. The average molecular weight is 318 g/mol. The highest BCUT2D eigenvalue weighted by atomic mass is 35.5.